The summed E-state index contributed by atoms with van der Waals surface area (Å²) in [6, 6.07) is 0. The molecule has 2 nitrogen and oxygen atoms in total. The van der Waals surface area contributed by atoms with Gasteiger partial charge < -0.3 is 10.8 Å². The molecule has 0 aromatic rings. The second-order valence-electron chi connectivity index (χ2n) is 4.41. The maximum Gasteiger partial charge on any atom is 0.0744 e. The number of hydrogen-bond donors (Lipinski definition) is 2. The first-order chi connectivity index (χ1) is 5.64. The van der Waals surface area contributed by atoms with Crippen molar-refractivity contribution in [1.29, 1.82) is 0 Å². The van der Waals surface area contributed by atoms with Crippen molar-refractivity contribution in [3.05, 3.63) is 0 Å². The van der Waals surface area contributed by atoms with Crippen LogP contribution in [0.25, 0.3) is 0 Å². The summed E-state index contributed by atoms with van der Waals surface area (Å²) < 4.78 is 0. The van der Waals surface area contributed by atoms with Crippen molar-refractivity contribution in [3.63, 3.8) is 0 Å². The van der Waals surface area contributed by atoms with Crippen LogP contribution < -0.4 is 5.73 Å². The monoisotopic (exact) mass is 171 g/mol. The molecule has 0 bridgehead atoms. The van der Waals surface area contributed by atoms with E-state index in [1.807, 2.05) is 6.92 Å². The summed E-state index contributed by atoms with van der Waals surface area (Å²) >= 11 is 0. The molecule has 1 aliphatic carbocycles. The van der Waals surface area contributed by atoms with Gasteiger partial charge in [0.2, 0.25) is 0 Å². The van der Waals surface area contributed by atoms with Crippen LogP contribution in [0.2, 0.25) is 0 Å². The largest absolute Gasteiger partial charge is 0.389 e. The summed E-state index contributed by atoms with van der Waals surface area (Å²) in [7, 11) is 0. The predicted octanol–water partition coefficient (Wildman–Crippen LogP) is 1.67. The quantitative estimate of drug-likeness (QED) is 0.678. The lowest BCUT2D eigenvalue weighted by Gasteiger charge is -2.29. The Bertz CT molecular complexity index is 128. The smallest absolute Gasteiger partial charge is 0.0744 e. The fraction of sp³-hybridized carbons (Fsp3) is 1.00. The van der Waals surface area contributed by atoms with Crippen LogP contribution in [0.1, 0.15) is 45.4 Å². The van der Waals surface area contributed by atoms with Gasteiger partial charge in [0.05, 0.1) is 5.60 Å². The van der Waals surface area contributed by atoms with Crippen molar-refractivity contribution < 1.29 is 5.11 Å². The predicted molar refractivity (Wildman–Crippen MR) is 50.9 cm³/mol. The number of aliphatic hydroxyl groups is 1. The minimum atomic E-state index is -0.623. The number of nitrogens with two attached hydrogens (primary N) is 1. The molecule has 1 atom stereocenters. The minimum Gasteiger partial charge on any atom is -0.389 e. The molecule has 72 valence electrons. The van der Waals surface area contributed by atoms with Crippen molar-refractivity contribution in [2.45, 2.75) is 51.0 Å². The second-order valence-corrected chi connectivity index (χ2v) is 4.41. The molecule has 0 radical (unpaired) electrons. The topological polar surface area (TPSA) is 46.2 Å². The highest BCUT2D eigenvalue weighted by Gasteiger charge is 2.24. The molecule has 0 spiro atoms. The van der Waals surface area contributed by atoms with Gasteiger partial charge in [-0.05, 0) is 19.3 Å². The second kappa shape index (κ2) is 4.24. The molecule has 0 aromatic carbocycles. The third-order valence-electron chi connectivity index (χ3n) is 2.89. The van der Waals surface area contributed by atoms with Gasteiger partial charge in [-0.3, -0.25) is 0 Å². The number of rotatable bonds is 3. The molecule has 0 saturated heterocycles. The Morgan fingerprint density at radius 2 is 1.92 bits per heavy atom. The Balaban J connectivity index is 2.28. The molecule has 1 unspecified atom stereocenters. The normalized spacial score (nSPS) is 25.2. The Morgan fingerprint density at radius 1 is 1.33 bits per heavy atom. The van der Waals surface area contributed by atoms with E-state index in [0.717, 1.165) is 12.3 Å². The first-order valence-corrected chi connectivity index (χ1v) is 5.06. The third kappa shape index (κ3) is 3.11. The van der Waals surface area contributed by atoms with Crippen LogP contribution in [0.15, 0.2) is 0 Å². The molecular weight excluding hydrogens is 150 g/mol. The lowest BCUT2D eigenvalue weighted by Crippen LogP contribution is -2.36. The van der Waals surface area contributed by atoms with E-state index >= 15 is 0 Å². The molecule has 0 heterocycles. The molecule has 1 fully saturated rings. The van der Waals surface area contributed by atoms with Crippen LogP contribution in [0.3, 0.4) is 0 Å². The van der Waals surface area contributed by atoms with E-state index in [-0.39, 0.29) is 0 Å². The summed E-state index contributed by atoms with van der Waals surface area (Å²) in [5.41, 5.74) is 4.85. The third-order valence-corrected chi connectivity index (χ3v) is 2.89. The van der Waals surface area contributed by atoms with E-state index in [9.17, 15) is 5.11 Å². The van der Waals surface area contributed by atoms with Crippen LogP contribution in [0.5, 0.6) is 0 Å². The maximum absolute atomic E-state index is 9.75. The molecule has 0 aromatic heterocycles. The van der Waals surface area contributed by atoms with Gasteiger partial charge in [-0.2, -0.15) is 0 Å². The molecule has 1 rings (SSSR count). The van der Waals surface area contributed by atoms with Gasteiger partial charge in [0, 0.05) is 6.54 Å². The summed E-state index contributed by atoms with van der Waals surface area (Å²) in [5, 5.41) is 9.75. The fourth-order valence-corrected chi connectivity index (χ4v) is 2.10. The van der Waals surface area contributed by atoms with Gasteiger partial charge in [0.1, 0.15) is 0 Å². The van der Waals surface area contributed by atoms with Gasteiger partial charge in [0.15, 0.2) is 0 Å². The highest BCUT2D eigenvalue weighted by molar-refractivity contribution is 4.79. The van der Waals surface area contributed by atoms with Crippen LogP contribution in [-0.2, 0) is 0 Å². The average molecular weight is 171 g/mol. The van der Waals surface area contributed by atoms with Crippen LogP contribution in [-0.4, -0.2) is 17.3 Å². The van der Waals surface area contributed by atoms with Gasteiger partial charge in [-0.15, -0.1) is 0 Å². The Labute approximate surface area is 75.2 Å². The molecule has 3 N–H and O–H groups in total. The van der Waals surface area contributed by atoms with Crippen LogP contribution in [0, 0.1) is 5.92 Å². The van der Waals surface area contributed by atoms with Crippen molar-refractivity contribution >= 4 is 0 Å². The Morgan fingerprint density at radius 3 is 2.42 bits per heavy atom. The molecule has 2 heteroatoms. The molecule has 0 aliphatic heterocycles. The lowest BCUT2D eigenvalue weighted by molar-refractivity contribution is 0.0360. The van der Waals surface area contributed by atoms with Gasteiger partial charge in [-0.25, -0.2) is 0 Å². The summed E-state index contributed by atoms with van der Waals surface area (Å²) in [6.45, 7) is 2.24. The molecular formula is C10H21NO. The van der Waals surface area contributed by atoms with E-state index in [1.165, 1.54) is 32.1 Å². The minimum absolute atomic E-state index is 0.392. The lowest BCUT2D eigenvalue weighted by atomic mass is 9.81. The van der Waals surface area contributed by atoms with E-state index in [1.54, 1.807) is 0 Å². The van der Waals surface area contributed by atoms with Crippen molar-refractivity contribution in [2.75, 3.05) is 6.54 Å². The first kappa shape index (κ1) is 10.0. The number of hydrogen-bond acceptors (Lipinski definition) is 2. The fourth-order valence-electron chi connectivity index (χ4n) is 2.10. The highest BCUT2D eigenvalue weighted by Crippen LogP contribution is 2.29. The summed E-state index contributed by atoms with van der Waals surface area (Å²) in [5.74, 6) is 0.720. The average Bonchev–Trinajstić information content (AvgIpc) is 2.06. The van der Waals surface area contributed by atoms with Crippen LogP contribution in [0.4, 0.5) is 0 Å². The van der Waals surface area contributed by atoms with Gasteiger partial charge in [0.25, 0.3) is 0 Å². The molecule has 0 amide bonds. The zero-order valence-electron chi connectivity index (χ0n) is 8.05. The molecule has 1 saturated carbocycles. The Hall–Kier alpha value is -0.0800. The SMILES string of the molecule is CC(O)(CN)CC1CCCCC1. The maximum atomic E-state index is 9.75. The van der Waals surface area contributed by atoms with E-state index in [4.69, 9.17) is 5.73 Å². The first-order valence-electron chi connectivity index (χ1n) is 5.06. The van der Waals surface area contributed by atoms with Crippen molar-refractivity contribution in [1.82, 2.24) is 0 Å². The molecule has 12 heavy (non-hydrogen) atoms. The standard InChI is InChI=1S/C10H21NO/c1-10(12,8-11)7-9-5-3-2-4-6-9/h9,12H,2-8,11H2,1H3. The summed E-state index contributed by atoms with van der Waals surface area (Å²) in [6.07, 6.45) is 7.52. The molecule has 1 aliphatic rings. The van der Waals surface area contributed by atoms with Crippen molar-refractivity contribution in [3.8, 4) is 0 Å². The van der Waals surface area contributed by atoms with Crippen LogP contribution >= 0.6 is 0 Å². The zero-order chi connectivity index (χ0) is 9.03. The van der Waals surface area contributed by atoms with E-state index in [0.29, 0.717) is 6.54 Å². The Kier molecular flexibility index (Phi) is 3.53. The van der Waals surface area contributed by atoms with Crippen molar-refractivity contribution in [2.24, 2.45) is 11.7 Å². The highest BCUT2D eigenvalue weighted by atomic mass is 16.3. The zero-order valence-corrected chi connectivity index (χ0v) is 8.05. The van der Waals surface area contributed by atoms with E-state index in [2.05, 4.69) is 0 Å². The van der Waals surface area contributed by atoms with Gasteiger partial charge in [-0.1, -0.05) is 32.1 Å². The van der Waals surface area contributed by atoms with E-state index < -0.39 is 5.60 Å². The summed E-state index contributed by atoms with van der Waals surface area (Å²) in [4.78, 5) is 0. The van der Waals surface area contributed by atoms with Gasteiger partial charge >= 0.3 is 0 Å².